The van der Waals surface area contributed by atoms with Crippen molar-refractivity contribution in [2.24, 2.45) is 4.40 Å². The van der Waals surface area contributed by atoms with E-state index >= 15 is 0 Å². The van der Waals surface area contributed by atoms with Crippen molar-refractivity contribution >= 4 is 55.8 Å². The maximum Gasteiger partial charge on any atom is 0.286 e. The summed E-state index contributed by atoms with van der Waals surface area (Å²) in [5.74, 6) is -0.255. The van der Waals surface area contributed by atoms with Crippen LogP contribution in [0.25, 0.3) is 0 Å². The van der Waals surface area contributed by atoms with Gasteiger partial charge in [0.05, 0.1) is 11.4 Å². The standard InChI is InChI=1S/C16H14ClN3O3S2/c1-10-2-7-14-13(8-10)19-16(20-25(14,22)23)24-9-15(21)18-12-5-3-11(17)4-6-12/h2-8H,9H2,1H3,(H,18,21)(H,19,20). The Balaban J connectivity index is 1.66. The summed E-state index contributed by atoms with van der Waals surface area (Å²) in [6, 6.07) is 11.7. The Morgan fingerprint density at radius 1 is 1.24 bits per heavy atom. The maximum atomic E-state index is 12.2. The number of aryl methyl sites for hydroxylation is 1. The van der Waals surface area contributed by atoms with Crippen LogP contribution in [0.5, 0.6) is 0 Å². The predicted molar refractivity (Wildman–Crippen MR) is 102 cm³/mol. The van der Waals surface area contributed by atoms with Crippen LogP contribution in [0.15, 0.2) is 51.8 Å². The van der Waals surface area contributed by atoms with E-state index in [4.69, 9.17) is 11.6 Å². The van der Waals surface area contributed by atoms with E-state index in [0.29, 0.717) is 16.4 Å². The Hall–Kier alpha value is -2.03. The van der Waals surface area contributed by atoms with E-state index in [1.807, 2.05) is 6.92 Å². The smallest absolute Gasteiger partial charge is 0.286 e. The quantitative estimate of drug-likeness (QED) is 0.830. The van der Waals surface area contributed by atoms with Gasteiger partial charge in [-0.25, -0.2) is 0 Å². The molecule has 0 fully saturated rings. The topological polar surface area (TPSA) is 87.6 Å². The van der Waals surface area contributed by atoms with Crippen molar-refractivity contribution < 1.29 is 13.2 Å². The van der Waals surface area contributed by atoms with Gasteiger partial charge in [-0.3, -0.25) is 4.79 Å². The minimum absolute atomic E-state index is 0.0190. The van der Waals surface area contributed by atoms with Crippen LogP contribution in [-0.4, -0.2) is 25.2 Å². The molecule has 0 atom stereocenters. The number of halogens is 1. The SMILES string of the molecule is Cc1ccc2c(c1)NC(SCC(=O)Nc1ccc(Cl)cc1)=NS2(=O)=O. The number of amides is 1. The molecule has 0 unspecified atom stereocenters. The number of sulfonamides is 1. The van der Waals surface area contributed by atoms with Gasteiger partial charge in [0.2, 0.25) is 5.91 Å². The molecule has 1 heterocycles. The van der Waals surface area contributed by atoms with Crippen LogP contribution in [0, 0.1) is 6.92 Å². The molecule has 0 spiro atoms. The van der Waals surface area contributed by atoms with Crippen LogP contribution >= 0.6 is 23.4 Å². The number of carbonyl (C=O) groups excluding carboxylic acids is 1. The number of thioether (sulfide) groups is 1. The first-order valence-corrected chi connectivity index (χ1v) is 10.0. The van der Waals surface area contributed by atoms with Crippen molar-refractivity contribution in [1.29, 1.82) is 0 Å². The highest BCUT2D eigenvalue weighted by Gasteiger charge is 2.25. The number of rotatable bonds is 3. The maximum absolute atomic E-state index is 12.2. The van der Waals surface area contributed by atoms with E-state index in [-0.39, 0.29) is 21.7 Å². The summed E-state index contributed by atoms with van der Waals surface area (Å²) < 4.78 is 28.1. The zero-order valence-corrected chi connectivity index (χ0v) is 15.5. The number of anilines is 2. The molecule has 0 saturated heterocycles. The van der Waals surface area contributed by atoms with Crippen LogP contribution < -0.4 is 10.6 Å². The van der Waals surface area contributed by atoms with Crippen molar-refractivity contribution in [3.8, 4) is 0 Å². The van der Waals surface area contributed by atoms with Crippen molar-refractivity contribution in [3.63, 3.8) is 0 Å². The van der Waals surface area contributed by atoms with Crippen LogP contribution in [0.2, 0.25) is 5.02 Å². The largest absolute Gasteiger partial charge is 0.333 e. The summed E-state index contributed by atoms with van der Waals surface area (Å²) in [6.07, 6.45) is 0. The molecule has 0 aromatic heterocycles. The summed E-state index contributed by atoms with van der Waals surface area (Å²) in [7, 11) is -3.76. The fourth-order valence-electron chi connectivity index (χ4n) is 2.19. The molecule has 3 rings (SSSR count). The third kappa shape index (κ3) is 4.33. The number of nitrogens with zero attached hydrogens (tertiary/aromatic N) is 1. The van der Waals surface area contributed by atoms with Gasteiger partial charge in [-0.2, -0.15) is 8.42 Å². The molecule has 1 aliphatic rings. The lowest BCUT2D eigenvalue weighted by molar-refractivity contribution is -0.113. The van der Waals surface area contributed by atoms with Gasteiger partial charge in [0, 0.05) is 10.7 Å². The highest BCUT2D eigenvalue weighted by Crippen LogP contribution is 2.30. The van der Waals surface area contributed by atoms with E-state index in [2.05, 4.69) is 15.0 Å². The number of nitrogens with one attached hydrogen (secondary N) is 2. The number of amidine groups is 1. The first kappa shape index (κ1) is 17.8. The monoisotopic (exact) mass is 395 g/mol. The molecule has 0 saturated carbocycles. The number of benzene rings is 2. The van der Waals surface area contributed by atoms with Crippen LogP contribution in [0.1, 0.15) is 5.56 Å². The zero-order chi connectivity index (χ0) is 18.0. The second-order valence-corrected chi connectivity index (χ2v) is 8.31. The molecule has 6 nitrogen and oxygen atoms in total. The van der Waals surface area contributed by atoms with Crippen molar-refractivity contribution in [1.82, 2.24) is 0 Å². The van der Waals surface area contributed by atoms with Gasteiger partial charge in [0.25, 0.3) is 10.0 Å². The van der Waals surface area contributed by atoms with Gasteiger partial charge in [-0.1, -0.05) is 29.4 Å². The molecular formula is C16H14ClN3O3S2. The highest BCUT2D eigenvalue weighted by molar-refractivity contribution is 8.15. The lowest BCUT2D eigenvalue weighted by Gasteiger charge is -2.18. The third-order valence-corrected chi connectivity index (χ3v) is 5.90. The van der Waals surface area contributed by atoms with E-state index in [1.54, 1.807) is 36.4 Å². The van der Waals surface area contributed by atoms with Gasteiger partial charge < -0.3 is 10.6 Å². The summed E-state index contributed by atoms with van der Waals surface area (Å²) in [4.78, 5) is 12.1. The normalized spacial score (nSPS) is 14.9. The minimum atomic E-state index is -3.76. The van der Waals surface area contributed by atoms with Crippen molar-refractivity contribution in [2.75, 3.05) is 16.4 Å². The lowest BCUT2D eigenvalue weighted by Crippen LogP contribution is -2.22. The van der Waals surface area contributed by atoms with Crippen LogP contribution in [0.3, 0.4) is 0 Å². The Bertz CT molecular complexity index is 957. The molecule has 130 valence electrons. The summed E-state index contributed by atoms with van der Waals surface area (Å²) >= 11 is 6.81. The van der Waals surface area contributed by atoms with Crippen molar-refractivity contribution in [2.45, 2.75) is 11.8 Å². The molecule has 2 aromatic rings. The zero-order valence-electron chi connectivity index (χ0n) is 13.1. The molecular weight excluding hydrogens is 382 g/mol. The summed E-state index contributed by atoms with van der Waals surface area (Å²) in [5.41, 5.74) is 2.01. The Labute approximate surface area is 154 Å². The molecule has 0 bridgehead atoms. The molecule has 0 radical (unpaired) electrons. The van der Waals surface area contributed by atoms with E-state index in [9.17, 15) is 13.2 Å². The number of carbonyl (C=O) groups is 1. The van der Waals surface area contributed by atoms with Gasteiger partial charge in [0.1, 0.15) is 4.90 Å². The molecule has 1 aliphatic heterocycles. The average molecular weight is 396 g/mol. The molecule has 2 aromatic carbocycles. The van der Waals surface area contributed by atoms with Crippen LogP contribution in [0.4, 0.5) is 11.4 Å². The van der Waals surface area contributed by atoms with E-state index in [0.717, 1.165) is 17.3 Å². The van der Waals surface area contributed by atoms with Gasteiger partial charge >= 0.3 is 0 Å². The number of hydrogen-bond acceptors (Lipinski definition) is 5. The lowest BCUT2D eigenvalue weighted by atomic mass is 10.2. The molecule has 25 heavy (non-hydrogen) atoms. The summed E-state index contributed by atoms with van der Waals surface area (Å²) in [6.45, 7) is 1.87. The van der Waals surface area contributed by atoms with E-state index < -0.39 is 10.0 Å². The first-order chi connectivity index (χ1) is 11.8. The Morgan fingerprint density at radius 2 is 1.96 bits per heavy atom. The molecule has 9 heteroatoms. The second kappa shape index (κ2) is 7.07. The van der Waals surface area contributed by atoms with Gasteiger partial charge in [-0.15, -0.1) is 4.40 Å². The van der Waals surface area contributed by atoms with Gasteiger partial charge in [0.15, 0.2) is 5.17 Å². The highest BCUT2D eigenvalue weighted by atomic mass is 35.5. The fourth-order valence-corrected chi connectivity index (χ4v) is 4.33. The summed E-state index contributed by atoms with van der Waals surface area (Å²) in [5, 5.41) is 6.41. The first-order valence-electron chi connectivity index (χ1n) is 7.24. The van der Waals surface area contributed by atoms with Crippen molar-refractivity contribution in [3.05, 3.63) is 53.1 Å². The molecule has 0 aliphatic carbocycles. The average Bonchev–Trinajstić information content (AvgIpc) is 2.54. The molecule has 2 N–H and O–H groups in total. The third-order valence-electron chi connectivity index (χ3n) is 3.33. The number of hydrogen-bond donors (Lipinski definition) is 2. The van der Waals surface area contributed by atoms with Crippen LogP contribution in [-0.2, 0) is 14.8 Å². The Kier molecular flexibility index (Phi) is 5.03. The minimum Gasteiger partial charge on any atom is -0.333 e. The van der Waals surface area contributed by atoms with E-state index in [1.165, 1.54) is 6.07 Å². The number of fused-ring (bicyclic) bond motifs is 1. The fraction of sp³-hybridized carbons (Fsp3) is 0.125. The molecule has 1 amide bonds. The second-order valence-electron chi connectivity index (χ2n) is 5.34. The predicted octanol–water partition coefficient (Wildman–Crippen LogP) is 3.49. The van der Waals surface area contributed by atoms with Gasteiger partial charge in [-0.05, 0) is 48.9 Å². The Morgan fingerprint density at radius 3 is 2.68 bits per heavy atom.